The highest BCUT2D eigenvalue weighted by Crippen LogP contribution is 2.21. The minimum absolute atomic E-state index is 0.219. The molecule has 0 radical (unpaired) electrons. The number of methoxy groups -OCH3 is 1. The molecule has 0 saturated carbocycles. The van der Waals surface area contributed by atoms with Gasteiger partial charge in [-0.05, 0) is 25.0 Å². The lowest BCUT2D eigenvalue weighted by Crippen LogP contribution is -2.39. The van der Waals surface area contributed by atoms with E-state index in [0.717, 1.165) is 31.7 Å². The minimum atomic E-state index is -0.219. The van der Waals surface area contributed by atoms with Gasteiger partial charge in [0, 0.05) is 31.4 Å². The van der Waals surface area contributed by atoms with Crippen molar-refractivity contribution in [3.8, 4) is 5.88 Å². The Bertz CT molecular complexity index is 966. The summed E-state index contributed by atoms with van der Waals surface area (Å²) in [6, 6.07) is 5.74. The van der Waals surface area contributed by atoms with Crippen LogP contribution in [0.3, 0.4) is 0 Å². The molecular formula is C17H19N7O2. The second kappa shape index (κ2) is 6.95. The zero-order valence-corrected chi connectivity index (χ0v) is 14.3. The van der Waals surface area contributed by atoms with Crippen LogP contribution in [-0.2, 0) is 0 Å². The Morgan fingerprint density at radius 3 is 2.85 bits per heavy atom. The minimum Gasteiger partial charge on any atom is -0.481 e. The Labute approximate surface area is 149 Å². The predicted molar refractivity (Wildman–Crippen MR) is 97.6 cm³/mol. The molecule has 0 spiro atoms. The Kier molecular flexibility index (Phi) is 4.34. The van der Waals surface area contributed by atoms with Gasteiger partial charge in [-0.1, -0.05) is 0 Å². The van der Waals surface area contributed by atoms with E-state index in [2.05, 4.69) is 35.1 Å². The van der Waals surface area contributed by atoms with E-state index in [-0.39, 0.29) is 11.6 Å². The molecule has 1 fully saturated rings. The van der Waals surface area contributed by atoms with E-state index in [1.165, 1.54) is 6.33 Å². The third kappa shape index (κ3) is 3.28. The number of hydrogen-bond donors (Lipinski definition) is 2. The normalized spacial score (nSPS) is 15.2. The van der Waals surface area contributed by atoms with Crippen LogP contribution in [-0.4, -0.2) is 51.2 Å². The second-order valence-corrected chi connectivity index (χ2v) is 6.10. The van der Waals surface area contributed by atoms with E-state index in [1.54, 1.807) is 19.4 Å². The number of fused-ring (bicyclic) bond motifs is 1. The van der Waals surface area contributed by atoms with Crippen molar-refractivity contribution in [3.63, 3.8) is 0 Å². The number of aromatic amines is 1. The predicted octanol–water partition coefficient (Wildman–Crippen LogP) is 1.20. The molecule has 9 heteroatoms. The van der Waals surface area contributed by atoms with Crippen LogP contribution >= 0.6 is 0 Å². The summed E-state index contributed by atoms with van der Waals surface area (Å²) in [5, 5.41) is 3.35. The molecule has 1 saturated heterocycles. The highest BCUT2D eigenvalue weighted by atomic mass is 16.5. The molecular weight excluding hydrogens is 334 g/mol. The Hall–Kier alpha value is -3.23. The fraction of sp³-hybridized carbons (Fsp3) is 0.353. The fourth-order valence-corrected chi connectivity index (χ4v) is 3.08. The molecule has 3 aromatic rings. The SMILES string of the molecule is COc1ccnc(NC2CCN(c3ccc4nc[nH]c(=O)c4n3)CC2)n1. The molecule has 1 aliphatic rings. The Morgan fingerprint density at radius 2 is 2.04 bits per heavy atom. The van der Waals surface area contributed by atoms with Crippen molar-refractivity contribution in [1.82, 2.24) is 24.9 Å². The van der Waals surface area contributed by atoms with Crippen molar-refractivity contribution in [1.29, 1.82) is 0 Å². The van der Waals surface area contributed by atoms with Gasteiger partial charge in [0.1, 0.15) is 5.82 Å². The van der Waals surface area contributed by atoms with Crippen LogP contribution in [0.2, 0.25) is 0 Å². The Balaban J connectivity index is 1.43. The Morgan fingerprint density at radius 1 is 1.19 bits per heavy atom. The maximum Gasteiger partial charge on any atom is 0.277 e. The highest BCUT2D eigenvalue weighted by Gasteiger charge is 2.21. The number of anilines is 2. The van der Waals surface area contributed by atoms with E-state index >= 15 is 0 Å². The standard InChI is InChI=1S/C17H19N7O2/c1-26-14-4-7-18-17(23-14)21-11-5-8-24(9-6-11)13-3-2-12-15(22-13)16(25)20-10-19-12/h2-4,7,10-11H,5-6,8-9H2,1H3,(H,18,21,23)(H,19,20,25). The van der Waals surface area contributed by atoms with Gasteiger partial charge in [0.05, 0.1) is 19.0 Å². The number of rotatable bonds is 4. The first-order valence-corrected chi connectivity index (χ1v) is 8.46. The third-order valence-corrected chi connectivity index (χ3v) is 4.46. The number of ether oxygens (including phenoxy) is 1. The maximum absolute atomic E-state index is 11.9. The molecule has 0 amide bonds. The second-order valence-electron chi connectivity index (χ2n) is 6.10. The first kappa shape index (κ1) is 16.2. The number of nitrogens with one attached hydrogen (secondary N) is 2. The molecule has 9 nitrogen and oxygen atoms in total. The molecule has 2 N–H and O–H groups in total. The lowest BCUT2D eigenvalue weighted by molar-refractivity contribution is 0.397. The highest BCUT2D eigenvalue weighted by molar-refractivity contribution is 5.74. The largest absolute Gasteiger partial charge is 0.481 e. The lowest BCUT2D eigenvalue weighted by atomic mass is 10.1. The zero-order valence-electron chi connectivity index (χ0n) is 14.3. The van der Waals surface area contributed by atoms with Gasteiger partial charge in [-0.2, -0.15) is 4.98 Å². The van der Waals surface area contributed by atoms with Crippen LogP contribution in [0.15, 0.2) is 35.5 Å². The average molecular weight is 353 g/mol. The number of aromatic nitrogens is 5. The van der Waals surface area contributed by atoms with E-state index in [1.807, 2.05) is 12.1 Å². The molecule has 134 valence electrons. The summed E-state index contributed by atoms with van der Waals surface area (Å²) in [4.78, 5) is 33.8. The van der Waals surface area contributed by atoms with Crippen LogP contribution < -0.4 is 20.5 Å². The first-order valence-electron chi connectivity index (χ1n) is 8.46. The summed E-state index contributed by atoms with van der Waals surface area (Å²) < 4.78 is 5.12. The van der Waals surface area contributed by atoms with Crippen molar-refractivity contribution in [2.75, 3.05) is 30.4 Å². The van der Waals surface area contributed by atoms with Crippen LogP contribution in [0.1, 0.15) is 12.8 Å². The topological polar surface area (TPSA) is 109 Å². The summed E-state index contributed by atoms with van der Waals surface area (Å²) in [5.41, 5.74) is 0.753. The van der Waals surface area contributed by atoms with Crippen molar-refractivity contribution in [3.05, 3.63) is 41.1 Å². The molecule has 4 rings (SSSR count). The van der Waals surface area contributed by atoms with Gasteiger partial charge in [0.2, 0.25) is 11.8 Å². The number of hydrogen-bond acceptors (Lipinski definition) is 8. The van der Waals surface area contributed by atoms with Crippen LogP contribution in [0, 0.1) is 0 Å². The van der Waals surface area contributed by atoms with Crippen molar-refractivity contribution in [2.24, 2.45) is 0 Å². The first-order chi connectivity index (χ1) is 12.7. The van der Waals surface area contributed by atoms with E-state index in [9.17, 15) is 4.79 Å². The molecule has 4 heterocycles. The van der Waals surface area contributed by atoms with Gasteiger partial charge in [-0.15, -0.1) is 0 Å². The fourth-order valence-electron chi connectivity index (χ4n) is 3.08. The lowest BCUT2D eigenvalue weighted by Gasteiger charge is -2.33. The van der Waals surface area contributed by atoms with Crippen molar-refractivity contribution < 1.29 is 4.74 Å². The van der Waals surface area contributed by atoms with Crippen LogP contribution in [0.25, 0.3) is 11.0 Å². The summed E-state index contributed by atoms with van der Waals surface area (Å²) in [7, 11) is 1.59. The summed E-state index contributed by atoms with van der Waals surface area (Å²) in [6.45, 7) is 1.66. The molecule has 1 aliphatic heterocycles. The van der Waals surface area contributed by atoms with E-state index in [4.69, 9.17) is 4.74 Å². The molecule has 0 unspecified atom stereocenters. The smallest absolute Gasteiger partial charge is 0.277 e. The van der Waals surface area contributed by atoms with E-state index < -0.39 is 0 Å². The van der Waals surface area contributed by atoms with Gasteiger partial charge in [0.15, 0.2) is 5.52 Å². The van der Waals surface area contributed by atoms with Crippen molar-refractivity contribution >= 4 is 22.8 Å². The number of nitrogens with zero attached hydrogens (tertiary/aromatic N) is 5. The molecule has 3 aromatic heterocycles. The zero-order chi connectivity index (χ0) is 17.9. The summed E-state index contributed by atoms with van der Waals surface area (Å²) in [5.74, 6) is 1.91. The third-order valence-electron chi connectivity index (χ3n) is 4.46. The molecule has 26 heavy (non-hydrogen) atoms. The quantitative estimate of drug-likeness (QED) is 0.720. The van der Waals surface area contributed by atoms with E-state index in [0.29, 0.717) is 22.9 Å². The van der Waals surface area contributed by atoms with Crippen LogP contribution in [0.5, 0.6) is 5.88 Å². The summed E-state index contributed by atoms with van der Waals surface area (Å²) in [6.07, 6.45) is 4.91. The maximum atomic E-state index is 11.9. The monoisotopic (exact) mass is 353 g/mol. The van der Waals surface area contributed by atoms with Gasteiger partial charge in [-0.25, -0.2) is 15.0 Å². The van der Waals surface area contributed by atoms with Crippen LogP contribution in [0.4, 0.5) is 11.8 Å². The van der Waals surface area contributed by atoms with Gasteiger partial charge >= 0.3 is 0 Å². The van der Waals surface area contributed by atoms with Crippen molar-refractivity contribution in [2.45, 2.75) is 18.9 Å². The van der Waals surface area contributed by atoms with Gasteiger partial charge in [0.25, 0.3) is 5.56 Å². The van der Waals surface area contributed by atoms with Gasteiger partial charge < -0.3 is 19.9 Å². The average Bonchev–Trinajstić information content (AvgIpc) is 2.69. The number of H-pyrrole nitrogens is 1. The van der Waals surface area contributed by atoms with Gasteiger partial charge in [-0.3, -0.25) is 4.79 Å². The molecule has 0 aromatic carbocycles. The molecule has 0 aliphatic carbocycles. The number of piperidine rings is 1. The summed E-state index contributed by atoms with van der Waals surface area (Å²) >= 11 is 0. The molecule has 0 bridgehead atoms. The molecule has 0 atom stereocenters. The number of pyridine rings is 1.